The number of benzene rings is 1. The number of aromatic nitrogens is 4. The van der Waals surface area contributed by atoms with Crippen molar-refractivity contribution in [3.05, 3.63) is 64.3 Å². The highest BCUT2D eigenvalue weighted by atomic mass is 16.5. The van der Waals surface area contributed by atoms with Crippen LogP contribution in [0.2, 0.25) is 0 Å². The molecule has 114 valence electrons. The van der Waals surface area contributed by atoms with Crippen LogP contribution in [0.1, 0.15) is 34.0 Å². The Morgan fingerprint density at radius 2 is 2.00 bits per heavy atom. The molecule has 0 amide bonds. The van der Waals surface area contributed by atoms with Gasteiger partial charge in [0.25, 0.3) is 0 Å². The summed E-state index contributed by atoms with van der Waals surface area (Å²) in [5.41, 5.74) is 3.77. The van der Waals surface area contributed by atoms with Crippen molar-refractivity contribution in [3.8, 4) is 6.07 Å². The van der Waals surface area contributed by atoms with Gasteiger partial charge in [-0.1, -0.05) is 46.8 Å². The minimum atomic E-state index is 0.295. The molecule has 6 nitrogen and oxygen atoms in total. The molecule has 0 radical (unpaired) electrons. The first-order valence-electron chi connectivity index (χ1n) is 7.17. The van der Waals surface area contributed by atoms with Crippen LogP contribution in [-0.2, 0) is 6.54 Å². The van der Waals surface area contributed by atoms with E-state index in [1.807, 2.05) is 56.3 Å². The topological polar surface area (TPSA) is 80.5 Å². The lowest BCUT2D eigenvalue weighted by molar-refractivity contribution is 0.391. The quantitative estimate of drug-likeness (QED) is 0.740. The van der Waals surface area contributed by atoms with Crippen molar-refractivity contribution in [2.24, 2.45) is 0 Å². The van der Waals surface area contributed by atoms with Crippen LogP contribution in [0, 0.1) is 25.2 Å². The first kappa shape index (κ1) is 14.7. The highest BCUT2D eigenvalue weighted by molar-refractivity contribution is 5.70. The molecule has 6 heteroatoms. The Morgan fingerprint density at radius 1 is 1.22 bits per heavy atom. The largest absolute Gasteiger partial charge is 0.361 e. The van der Waals surface area contributed by atoms with Crippen LogP contribution in [-0.4, -0.2) is 20.2 Å². The van der Waals surface area contributed by atoms with Crippen molar-refractivity contribution in [2.75, 3.05) is 0 Å². The SMILES string of the molecule is Cc1noc(C)c1Cn1nnc(C#N)c1/C=C/c1ccccc1. The number of aryl methyl sites for hydroxylation is 2. The summed E-state index contributed by atoms with van der Waals surface area (Å²) in [7, 11) is 0. The van der Waals surface area contributed by atoms with Gasteiger partial charge in [-0.25, -0.2) is 4.68 Å². The second kappa shape index (κ2) is 6.28. The zero-order chi connectivity index (χ0) is 16.2. The Labute approximate surface area is 133 Å². The standard InChI is InChI=1S/C17H15N5O/c1-12-15(13(2)23-20-12)11-22-17(16(10-18)19-21-22)9-8-14-6-4-3-5-7-14/h3-9H,11H2,1-2H3/b9-8+. The lowest BCUT2D eigenvalue weighted by Gasteiger charge is -2.03. The predicted molar refractivity (Wildman–Crippen MR) is 85.2 cm³/mol. The summed E-state index contributed by atoms with van der Waals surface area (Å²) in [5.74, 6) is 0.745. The smallest absolute Gasteiger partial charge is 0.190 e. The molecule has 0 fully saturated rings. The van der Waals surface area contributed by atoms with E-state index in [0.29, 0.717) is 17.9 Å². The van der Waals surface area contributed by atoms with E-state index < -0.39 is 0 Å². The van der Waals surface area contributed by atoms with Gasteiger partial charge in [-0.05, 0) is 25.5 Å². The van der Waals surface area contributed by atoms with Gasteiger partial charge >= 0.3 is 0 Å². The van der Waals surface area contributed by atoms with Crippen LogP contribution in [0.5, 0.6) is 0 Å². The third-order valence-corrected chi connectivity index (χ3v) is 3.60. The minimum Gasteiger partial charge on any atom is -0.361 e. The molecule has 1 aromatic carbocycles. The van der Waals surface area contributed by atoms with Crippen molar-refractivity contribution < 1.29 is 4.52 Å². The Balaban J connectivity index is 1.95. The molecule has 0 aliphatic heterocycles. The number of rotatable bonds is 4. The second-order valence-corrected chi connectivity index (χ2v) is 5.14. The van der Waals surface area contributed by atoms with Gasteiger partial charge in [0.05, 0.1) is 17.9 Å². The van der Waals surface area contributed by atoms with Crippen LogP contribution in [0.15, 0.2) is 34.9 Å². The van der Waals surface area contributed by atoms with Crippen LogP contribution < -0.4 is 0 Å². The molecule has 0 aliphatic rings. The molecule has 2 aromatic heterocycles. The van der Waals surface area contributed by atoms with Crippen LogP contribution in [0.25, 0.3) is 12.2 Å². The van der Waals surface area contributed by atoms with E-state index in [-0.39, 0.29) is 0 Å². The Kier molecular flexibility index (Phi) is 4.02. The summed E-state index contributed by atoms with van der Waals surface area (Å²) < 4.78 is 6.86. The number of hydrogen-bond acceptors (Lipinski definition) is 5. The summed E-state index contributed by atoms with van der Waals surface area (Å²) in [4.78, 5) is 0. The summed E-state index contributed by atoms with van der Waals surface area (Å²) >= 11 is 0. The number of nitriles is 1. The van der Waals surface area contributed by atoms with E-state index in [4.69, 9.17) is 4.52 Å². The fraction of sp³-hybridized carbons (Fsp3) is 0.176. The Bertz CT molecular complexity index is 864. The van der Waals surface area contributed by atoms with Gasteiger partial charge in [0.1, 0.15) is 11.8 Å². The molecule has 0 spiro atoms. The van der Waals surface area contributed by atoms with Crippen LogP contribution in [0.4, 0.5) is 0 Å². The molecule has 0 saturated carbocycles. The van der Waals surface area contributed by atoms with Gasteiger partial charge in [-0.2, -0.15) is 5.26 Å². The van der Waals surface area contributed by atoms with E-state index in [0.717, 1.165) is 22.6 Å². The second-order valence-electron chi connectivity index (χ2n) is 5.14. The van der Waals surface area contributed by atoms with E-state index in [9.17, 15) is 5.26 Å². The zero-order valence-electron chi connectivity index (χ0n) is 12.9. The average molecular weight is 305 g/mol. The van der Waals surface area contributed by atoms with Crippen LogP contribution in [0.3, 0.4) is 0 Å². The highest BCUT2D eigenvalue weighted by Crippen LogP contribution is 2.17. The van der Waals surface area contributed by atoms with Crippen LogP contribution >= 0.6 is 0 Å². The number of hydrogen-bond donors (Lipinski definition) is 0. The van der Waals surface area contributed by atoms with Gasteiger partial charge in [-0.3, -0.25) is 0 Å². The summed E-state index contributed by atoms with van der Waals surface area (Å²) in [6, 6.07) is 11.9. The number of nitrogens with zero attached hydrogens (tertiary/aromatic N) is 5. The fourth-order valence-electron chi connectivity index (χ4n) is 2.30. The predicted octanol–water partition coefficient (Wildman–Crippen LogP) is 2.97. The summed E-state index contributed by atoms with van der Waals surface area (Å²) in [5, 5.41) is 21.2. The maximum absolute atomic E-state index is 9.23. The van der Waals surface area contributed by atoms with E-state index in [1.54, 1.807) is 4.68 Å². The molecular formula is C17H15N5O. The van der Waals surface area contributed by atoms with Crippen molar-refractivity contribution in [3.63, 3.8) is 0 Å². The zero-order valence-corrected chi connectivity index (χ0v) is 12.9. The van der Waals surface area contributed by atoms with E-state index in [2.05, 4.69) is 21.5 Å². The third-order valence-electron chi connectivity index (χ3n) is 3.60. The maximum atomic E-state index is 9.23. The monoisotopic (exact) mass is 305 g/mol. The highest BCUT2D eigenvalue weighted by Gasteiger charge is 2.15. The average Bonchev–Trinajstić information content (AvgIpc) is 3.11. The molecule has 23 heavy (non-hydrogen) atoms. The molecule has 0 bridgehead atoms. The third kappa shape index (κ3) is 3.04. The molecular weight excluding hydrogens is 290 g/mol. The van der Waals surface area contributed by atoms with Crippen molar-refractivity contribution in [1.82, 2.24) is 20.2 Å². The van der Waals surface area contributed by atoms with Crippen molar-refractivity contribution >= 4 is 12.2 Å². The van der Waals surface area contributed by atoms with Crippen molar-refractivity contribution in [2.45, 2.75) is 20.4 Å². The van der Waals surface area contributed by atoms with Gasteiger partial charge in [0, 0.05) is 5.56 Å². The molecule has 0 N–H and O–H groups in total. The first-order valence-corrected chi connectivity index (χ1v) is 7.17. The lowest BCUT2D eigenvalue weighted by atomic mass is 10.1. The van der Waals surface area contributed by atoms with Gasteiger partial charge in [0.2, 0.25) is 0 Å². The Hall–Kier alpha value is -3.20. The first-order chi connectivity index (χ1) is 11.2. The van der Waals surface area contributed by atoms with Gasteiger partial charge in [-0.15, -0.1) is 5.10 Å². The molecule has 2 heterocycles. The fourth-order valence-corrected chi connectivity index (χ4v) is 2.30. The van der Waals surface area contributed by atoms with E-state index >= 15 is 0 Å². The lowest BCUT2D eigenvalue weighted by Crippen LogP contribution is -2.06. The molecule has 0 aliphatic carbocycles. The van der Waals surface area contributed by atoms with Gasteiger partial charge < -0.3 is 4.52 Å². The molecule has 3 aromatic rings. The molecule has 0 unspecified atom stereocenters. The molecule has 0 atom stereocenters. The van der Waals surface area contributed by atoms with E-state index in [1.165, 1.54) is 0 Å². The normalized spacial score (nSPS) is 11.0. The Morgan fingerprint density at radius 3 is 2.65 bits per heavy atom. The van der Waals surface area contributed by atoms with Gasteiger partial charge in [0.15, 0.2) is 5.69 Å². The molecule has 0 saturated heterocycles. The molecule has 3 rings (SSSR count). The van der Waals surface area contributed by atoms with Crippen molar-refractivity contribution in [1.29, 1.82) is 5.26 Å². The summed E-state index contributed by atoms with van der Waals surface area (Å²) in [6.07, 6.45) is 3.79. The maximum Gasteiger partial charge on any atom is 0.190 e. The summed E-state index contributed by atoms with van der Waals surface area (Å²) in [6.45, 7) is 4.20. The minimum absolute atomic E-state index is 0.295.